The molecule has 0 saturated carbocycles. The van der Waals surface area contributed by atoms with Crippen molar-refractivity contribution in [1.82, 2.24) is 0 Å². The smallest absolute Gasteiger partial charge is 0.315 e. The van der Waals surface area contributed by atoms with E-state index in [-0.39, 0.29) is 17.2 Å². The third-order valence-electron chi connectivity index (χ3n) is 3.49. The highest BCUT2D eigenvalue weighted by atomic mass is 79.9. The molecule has 1 aliphatic heterocycles. The number of halogens is 4. The minimum Gasteiger partial charge on any atom is -0.315 e. The Hall–Kier alpha value is -1.04. The minimum absolute atomic E-state index is 0.0110. The highest BCUT2D eigenvalue weighted by Crippen LogP contribution is 2.36. The van der Waals surface area contributed by atoms with Gasteiger partial charge in [0, 0.05) is 30.4 Å². The van der Waals surface area contributed by atoms with Crippen LogP contribution in [0.5, 0.6) is 0 Å². The van der Waals surface area contributed by atoms with Crippen molar-refractivity contribution in [3.05, 3.63) is 29.3 Å². The summed E-state index contributed by atoms with van der Waals surface area (Å²) in [4.78, 5) is 12.9. The highest BCUT2D eigenvalue weighted by Gasteiger charge is 2.28. The first-order valence-corrected chi connectivity index (χ1v) is 7.30. The van der Waals surface area contributed by atoms with E-state index in [4.69, 9.17) is 0 Å². The summed E-state index contributed by atoms with van der Waals surface area (Å²) < 4.78 is 36.7. The number of hydrogen-bond acceptors (Lipinski definition) is 1. The lowest BCUT2D eigenvalue weighted by Crippen LogP contribution is -2.31. The molecule has 110 valence electrons. The van der Waals surface area contributed by atoms with Crippen LogP contribution in [0.3, 0.4) is 0 Å². The van der Waals surface area contributed by atoms with Gasteiger partial charge in [0.15, 0.2) is 0 Å². The SMILES string of the molecule is CN1C(=O)CCc2cc(C(Br)CCC(F)(F)F)ccc21. The normalized spacial score (nSPS) is 17.1. The van der Waals surface area contributed by atoms with Crippen molar-refractivity contribution in [3.8, 4) is 0 Å². The first kappa shape index (κ1) is 15.4. The number of amides is 1. The fraction of sp³-hybridized carbons (Fsp3) is 0.500. The zero-order chi connectivity index (χ0) is 14.9. The van der Waals surface area contributed by atoms with Gasteiger partial charge in [0.1, 0.15) is 0 Å². The molecule has 1 aliphatic rings. The first-order chi connectivity index (χ1) is 9.28. The van der Waals surface area contributed by atoms with Crippen molar-refractivity contribution < 1.29 is 18.0 Å². The van der Waals surface area contributed by atoms with Crippen LogP contribution in [0.4, 0.5) is 18.9 Å². The molecule has 1 amide bonds. The summed E-state index contributed by atoms with van der Waals surface area (Å²) in [5.74, 6) is 0.0673. The maximum absolute atomic E-state index is 12.2. The number of rotatable bonds is 3. The summed E-state index contributed by atoms with van der Waals surface area (Å²) in [5.41, 5.74) is 2.69. The number of hydrogen-bond donors (Lipinski definition) is 0. The molecule has 0 bridgehead atoms. The van der Waals surface area contributed by atoms with Crippen LogP contribution in [0.15, 0.2) is 18.2 Å². The molecule has 1 unspecified atom stereocenters. The summed E-state index contributed by atoms with van der Waals surface area (Å²) in [6.45, 7) is 0. The average Bonchev–Trinajstić information content (AvgIpc) is 2.39. The zero-order valence-corrected chi connectivity index (χ0v) is 12.6. The molecule has 0 spiro atoms. The van der Waals surface area contributed by atoms with Crippen LogP contribution in [0.2, 0.25) is 0 Å². The molecule has 1 aromatic carbocycles. The average molecular weight is 350 g/mol. The van der Waals surface area contributed by atoms with Gasteiger partial charge in [0.2, 0.25) is 5.91 Å². The van der Waals surface area contributed by atoms with E-state index in [1.54, 1.807) is 18.0 Å². The molecule has 1 heterocycles. The summed E-state index contributed by atoms with van der Waals surface area (Å²) >= 11 is 3.31. The van der Waals surface area contributed by atoms with Gasteiger partial charge in [-0.15, -0.1) is 0 Å². The predicted molar refractivity (Wildman–Crippen MR) is 75.1 cm³/mol. The molecule has 2 rings (SSSR count). The Morgan fingerprint density at radius 1 is 1.35 bits per heavy atom. The molecule has 0 N–H and O–H groups in total. The number of carbonyl (C=O) groups is 1. The quantitative estimate of drug-likeness (QED) is 0.741. The van der Waals surface area contributed by atoms with Crippen LogP contribution in [-0.4, -0.2) is 19.1 Å². The number of nitrogens with zero attached hydrogens (tertiary/aromatic N) is 1. The Kier molecular flexibility index (Phi) is 4.42. The number of carbonyl (C=O) groups excluding carboxylic acids is 1. The number of benzene rings is 1. The lowest BCUT2D eigenvalue weighted by molar-refractivity contribution is -0.135. The molecule has 20 heavy (non-hydrogen) atoms. The molecule has 0 radical (unpaired) electrons. The summed E-state index contributed by atoms with van der Waals surface area (Å²) in [6.07, 6.45) is -3.84. The first-order valence-electron chi connectivity index (χ1n) is 6.38. The topological polar surface area (TPSA) is 20.3 Å². The molecule has 0 saturated heterocycles. The molecule has 2 nitrogen and oxygen atoms in total. The number of alkyl halides is 4. The summed E-state index contributed by atoms with van der Waals surface area (Å²) in [6, 6.07) is 5.49. The van der Waals surface area contributed by atoms with Crippen LogP contribution >= 0.6 is 15.9 Å². The van der Waals surface area contributed by atoms with E-state index < -0.39 is 12.6 Å². The van der Waals surface area contributed by atoms with Crippen molar-refractivity contribution in [2.24, 2.45) is 0 Å². The maximum Gasteiger partial charge on any atom is 0.389 e. The third kappa shape index (κ3) is 3.53. The van der Waals surface area contributed by atoms with Gasteiger partial charge >= 0.3 is 6.18 Å². The predicted octanol–water partition coefficient (Wildman–Crippen LogP) is 4.37. The Balaban J connectivity index is 2.13. The Morgan fingerprint density at radius 2 is 2.05 bits per heavy atom. The Labute approximate surface area is 124 Å². The Morgan fingerprint density at radius 3 is 2.70 bits per heavy atom. The molecule has 0 fully saturated rings. The second-order valence-electron chi connectivity index (χ2n) is 4.96. The van der Waals surface area contributed by atoms with Crippen LogP contribution in [0, 0.1) is 0 Å². The maximum atomic E-state index is 12.2. The highest BCUT2D eigenvalue weighted by molar-refractivity contribution is 9.09. The molecular weight excluding hydrogens is 335 g/mol. The van der Waals surface area contributed by atoms with Gasteiger partial charge in [-0.1, -0.05) is 28.1 Å². The van der Waals surface area contributed by atoms with Gasteiger partial charge in [0.25, 0.3) is 0 Å². The Bertz CT molecular complexity index is 516. The minimum atomic E-state index is -4.13. The van der Waals surface area contributed by atoms with Crippen LogP contribution in [0.1, 0.15) is 35.2 Å². The standard InChI is InChI=1S/C14H15BrF3NO/c1-19-12-4-2-9(8-10(12)3-5-13(19)20)11(15)6-7-14(16,17)18/h2,4,8,11H,3,5-7H2,1H3. The second kappa shape index (κ2) is 5.76. The van der Waals surface area contributed by atoms with Crippen molar-refractivity contribution in [2.45, 2.75) is 36.7 Å². The molecule has 0 aromatic heterocycles. The molecule has 1 atom stereocenters. The molecule has 6 heteroatoms. The van der Waals surface area contributed by atoms with E-state index in [1.165, 1.54) is 0 Å². The lowest BCUT2D eigenvalue weighted by Gasteiger charge is -2.26. The lowest BCUT2D eigenvalue weighted by atomic mass is 9.97. The molecule has 0 aliphatic carbocycles. The number of aryl methyl sites for hydroxylation is 1. The van der Waals surface area contributed by atoms with Crippen molar-refractivity contribution in [3.63, 3.8) is 0 Å². The second-order valence-corrected chi connectivity index (χ2v) is 6.07. The van der Waals surface area contributed by atoms with Crippen molar-refractivity contribution in [2.75, 3.05) is 11.9 Å². The van der Waals surface area contributed by atoms with Gasteiger partial charge in [-0.25, -0.2) is 0 Å². The van der Waals surface area contributed by atoms with Gasteiger partial charge in [0.05, 0.1) is 0 Å². The number of fused-ring (bicyclic) bond motifs is 1. The fourth-order valence-electron chi connectivity index (χ4n) is 2.33. The van der Waals surface area contributed by atoms with Crippen LogP contribution < -0.4 is 4.90 Å². The van der Waals surface area contributed by atoms with E-state index >= 15 is 0 Å². The molecular formula is C14H15BrF3NO. The summed E-state index contributed by atoms with van der Waals surface area (Å²) in [7, 11) is 1.72. The summed E-state index contributed by atoms with van der Waals surface area (Å²) in [5, 5.41) is 0. The van der Waals surface area contributed by atoms with Crippen molar-refractivity contribution >= 4 is 27.5 Å². The largest absolute Gasteiger partial charge is 0.389 e. The van der Waals surface area contributed by atoms with E-state index in [9.17, 15) is 18.0 Å². The van der Waals surface area contributed by atoms with Gasteiger partial charge in [-0.05, 0) is 30.0 Å². The van der Waals surface area contributed by atoms with Gasteiger partial charge in [-0.3, -0.25) is 4.79 Å². The van der Waals surface area contributed by atoms with Gasteiger partial charge in [-0.2, -0.15) is 13.2 Å². The van der Waals surface area contributed by atoms with E-state index in [0.29, 0.717) is 12.8 Å². The fourth-order valence-corrected chi connectivity index (χ4v) is 2.84. The zero-order valence-electron chi connectivity index (χ0n) is 11.0. The third-order valence-corrected chi connectivity index (χ3v) is 4.48. The van der Waals surface area contributed by atoms with Crippen molar-refractivity contribution in [1.29, 1.82) is 0 Å². The van der Waals surface area contributed by atoms with E-state index in [1.807, 2.05) is 12.1 Å². The monoisotopic (exact) mass is 349 g/mol. The van der Waals surface area contributed by atoms with Crippen LogP contribution in [-0.2, 0) is 11.2 Å². The van der Waals surface area contributed by atoms with Gasteiger partial charge < -0.3 is 4.90 Å². The van der Waals surface area contributed by atoms with E-state index in [0.717, 1.165) is 16.8 Å². The molecule has 1 aromatic rings. The van der Waals surface area contributed by atoms with Crippen LogP contribution in [0.25, 0.3) is 0 Å². The number of anilines is 1. The van der Waals surface area contributed by atoms with E-state index in [2.05, 4.69) is 15.9 Å².